The molecule has 1 fully saturated rings. The lowest BCUT2D eigenvalue weighted by molar-refractivity contribution is 0.0460. The van der Waals surface area contributed by atoms with Crippen LogP contribution in [0.3, 0.4) is 0 Å². The van der Waals surface area contributed by atoms with Crippen LogP contribution in [0.2, 0.25) is 0 Å². The molecule has 1 saturated carbocycles. The Kier molecular flexibility index (Phi) is 4.14. The summed E-state index contributed by atoms with van der Waals surface area (Å²) in [6.07, 6.45) is 2.22. The van der Waals surface area contributed by atoms with Gasteiger partial charge in [-0.2, -0.15) is 5.10 Å². The maximum atomic E-state index is 14.0. The minimum atomic E-state index is -0.662. The predicted octanol–water partition coefficient (Wildman–Crippen LogP) is 5.54. The number of benzene rings is 2. The fraction of sp³-hybridized carbons (Fsp3) is 0.360. The molecule has 1 heterocycles. The zero-order valence-electron chi connectivity index (χ0n) is 17.5. The molecule has 0 unspecified atom stereocenters. The third-order valence-electron chi connectivity index (χ3n) is 7.53. The summed E-state index contributed by atoms with van der Waals surface area (Å²) in [7, 11) is 0. The van der Waals surface area contributed by atoms with Crippen molar-refractivity contribution >= 4 is 5.97 Å². The fourth-order valence-electron chi connectivity index (χ4n) is 5.50. The largest absolute Gasteiger partial charge is 0.455 e. The van der Waals surface area contributed by atoms with Crippen molar-refractivity contribution in [3.8, 4) is 5.69 Å². The lowest BCUT2D eigenvalue weighted by Gasteiger charge is -2.35. The molecule has 4 nitrogen and oxygen atoms in total. The number of aromatic nitrogens is 2. The first-order valence-electron chi connectivity index (χ1n) is 10.4. The van der Waals surface area contributed by atoms with Crippen molar-refractivity contribution < 1.29 is 13.9 Å². The summed E-state index contributed by atoms with van der Waals surface area (Å²) in [5, 5.41) is 4.89. The molecule has 0 amide bonds. The van der Waals surface area contributed by atoms with Crippen LogP contribution >= 0.6 is 0 Å². The minimum absolute atomic E-state index is 0.00361. The lowest BCUT2D eigenvalue weighted by atomic mass is 9.70. The van der Waals surface area contributed by atoms with Crippen molar-refractivity contribution in [3.63, 3.8) is 0 Å². The number of hydrogen-bond donors (Lipinski definition) is 0. The summed E-state index contributed by atoms with van der Waals surface area (Å²) in [6.45, 7) is 7.03. The van der Waals surface area contributed by atoms with Crippen molar-refractivity contribution in [2.75, 3.05) is 0 Å². The Morgan fingerprint density at radius 2 is 1.83 bits per heavy atom. The van der Waals surface area contributed by atoms with E-state index in [-0.39, 0.29) is 23.0 Å². The summed E-state index contributed by atoms with van der Waals surface area (Å²) in [4.78, 5) is 12.5. The first-order valence-corrected chi connectivity index (χ1v) is 10.4. The van der Waals surface area contributed by atoms with Crippen LogP contribution in [-0.2, 0) is 16.8 Å². The molecule has 5 rings (SSSR count). The Balaban J connectivity index is 1.55. The molecule has 2 aromatic carbocycles. The smallest absolute Gasteiger partial charge is 0.341 e. The van der Waals surface area contributed by atoms with Gasteiger partial charge in [-0.3, -0.25) is 0 Å². The second kappa shape index (κ2) is 6.53. The molecular weight excluding hydrogens is 379 g/mol. The third kappa shape index (κ3) is 2.51. The average molecular weight is 404 g/mol. The van der Waals surface area contributed by atoms with Gasteiger partial charge in [0.1, 0.15) is 18.1 Å². The second-order valence-corrected chi connectivity index (χ2v) is 9.16. The number of ether oxygens (including phenoxy) is 1. The highest BCUT2D eigenvalue weighted by molar-refractivity contribution is 5.89. The van der Waals surface area contributed by atoms with Crippen molar-refractivity contribution in [1.82, 2.24) is 9.78 Å². The average Bonchev–Trinajstić information content (AvgIpc) is 3.29. The van der Waals surface area contributed by atoms with Gasteiger partial charge < -0.3 is 4.74 Å². The Bertz CT molecular complexity index is 1140. The number of halogens is 1. The van der Waals surface area contributed by atoms with Gasteiger partial charge in [-0.05, 0) is 48.4 Å². The molecule has 2 aliphatic carbocycles. The van der Waals surface area contributed by atoms with Gasteiger partial charge in [-0.15, -0.1) is 0 Å². The summed E-state index contributed by atoms with van der Waals surface area (Å²) in [6, 6.07) is 16.0. The molecule has 2 aliphatic rings. The van der Waals surface area contributed by atoms with Crippen LogP contribution < -0.4 is 0 Å². The molecule has 30 heavy (non-hydrogen) atoms. The summed E-state index contributed by atoms with van der Waals surface area (Å²) >= 11 is 0. The highest BCUT2D eigenvalue weighted by Crippen LogP contribution is 2.68. The minimum Gasteiger partial charge on any atom is -0.455 e. The van der Waals surface area contributed by atoms with E-state index in [1.54, 1.807) is 12.1 Å². The van der Waals surface area contributed by atoms with E-state index in [1.807, 2.05) is 35.0 Å². The van der Waals surface area contributed by atoms with E-state index in [2.05, 4.69) is 20.8 Å². The van der Waals surface area contributed by atoms with Crippen molar-refractivity contribution in [1.29, 1.82) is 0 Å². The topological polar surface area (TPSA) is 44.1 Å². The molecule has 0 saturated heterocycles. The van der Waals surface area contributed by atoms with Crippen LogP contribution in [0.1, 0.15) is 66.8 Å². The summed E-state index contributed by atoms with van der Waals surface area (Å²) in [5.74, 6) is -0.864. The van der Waals surface area contributed by atoms with Gasteiger partial charge in [-0.1, -0.05) is 51.1 Å². The molecule has 0 aliphatic heterocycles. The normalized spacial score (nSPS) is 23.4. The van der Waals surface area contributed by atoms with Gasteiger partial charge in [0.25, 0.3) is 0 Å². The van der Waals surface area contributed by atoms with Crippen molar-refractivity contribution in [2.24, 2.45) is 5.41 Å². The van der Waals surface area contributed by atoms with E-state index in [9.17, 15) is 9.18 Å². The number of carbonyl (C=O) groups excluding carboxylic acids is 1. The molecule has 154 valence electrons. The fourth-order valence-corrected chi connectivity index (χ4v) is 5.50. The molecule has 0 radical (unpaired) electrons. The highest BCUT2D eigenvalue weighted by atomic mass is 19.1. The van der Waals surface area contributed by atoms with E-state index < -0.39 is 11.8 Å². The monoisotopic (exact) mass is 404 g/mol. The van der Waals surface area contributed by atoms with Gasteiger partial charge in [-0.25, -0.2) is 13.9 Å². The maximum absolute atomic E-state index is 14.0. The van der Waals surface area contributed by atoms with Crippen LogP contribution in [0.25, 0.3) is 5.69 Å². The molecule has 5 heteroatoms. The second-order valence-electron chi connectivity index (χ2n) is 9.16. The van der Waals surface area contributed by atoms with E-state index in [4.69, 9.17) is 9.84 Å². The molecule has 0 spiro atoms. The first-order chi connectivity index (χ1) is 14.3. The van der Waals surface area contributed by atoms with Crippen LogP contribution in [-0.4, -0.2) is 15.7 Å². The quantitative estimate of drug-likeness (QED) is 0.536. The third-order valence-corrected chi connectivity index (χ3v) is 7.53. The summed E-state index contributed by atoms with van der Waals surface area (Å²) < 4.78 is 21.5. The van der Waals surface area contributed by atoms with Crippen molar-refractivity contribution in [3.05, 3.63) is 82.9 Å². The molecule has 3 aromatic rings. The SMILES string of the molecule is CC1(C)[C@@H]2CC[C@@]1(C)c1c2c(COC(=O)c2ccccc2F)nn1-c1ccccc1. The van der Waals surface area contributed by atoms with E-state index in [0.29, 0.717) is 5.92 Å². The Hall–Kier alpha value is -2.95. The van der Waals surface area contributed by atoms with Crippen LogP contribution in [0.15, 0.2) is 54.6 Å². The van der Waals surface area contributed by atoms with Gasteiger partial charge in [0.15, 0.2) is 0 Å². The molecular formula is C25H25FN2O2. The molecule has 2 bridgehead atoms. The number of carbonyl (C=O) groups is 1. The van der Waals surface area contributed by atoms with Crippen molar-refractivity contribution in [2.45, 2.75) is 51.6 Å². The van der Waals surface area contributed by atoms with Crippen LogP contribution in [0.5, 0.6) is 0 Å². The maximum Gasteiger partial charge on any atom is 0.341 e. The van der Waals surface area contributed by atoms with Gasteiger partial charge >= 0.3 is 5.97 Å². The van der Waals surface area contributed by atoms with Gasteiger partial charge in [0.05, 0.1) is 16.9 Å². The Morgan fingerprint density at radius 1 is 1.13 bits per heavy atom. The number of rotatable bonds is 4. The lowest BCUT2D eigenvalue weighted by Crippen LogP contribution is -2.33. The summed E-state index contributed by atoms with van der Waals surface area (Å²) in [5.41, 5.74) is 4.27. The first kappa shape index (κ1) is 19.0. The molecule has 1 aromatic heterocycles. The number of esters is 1. The van der Waals surface area contributed by atoms with E-state index in [0.717, 1.165) is 24.2 Å². The highest BCUT2D eigenvalue weighted by Gasteiger charge is 2.62. The number of para-hydroxylation sites is 1. The van der Waals surface area contributed by atoms with Gasteiger partial charge in [0, 0.05) is 11.0 Å². The van der Waals surface area contributed by atoms with E-state index in [1.165, 1.54) is 23.4 Å². The number of fused-ring (bicyclic) bond motifs is 5. The molecule has 2 atom stereocenters. The molecule has 0 N–H and O–H groups in total. The zero-order valence-corrected chi connectivity index (χ0v) is 17.5. The standard InChI is InChI=1S/C25H25FN2O2/c1-24(2)18-13-14-25(24,3)22-21(18)20(27-28(22)16-9-5-4-6-10-16)15-30-23(29)17-11-7-8-12-19(17)26/h4-12,18H,13-15H2,1-3H3/t18-,25+/m1/s1. The Morgan fingerprint density at radius 3 is 2.57 bits per heavy atom. The number of nitrogens with zero attached hydrogens (tertiary/aromatic N) is 2. The Labute approximate surface area is 175 Å². The number of hydrogen-bond acceptors (Lipinski definition) is 3. The van der Waals surface area contributed by atoms with Crippen LogP contribution in [0.4, 0.5) is 4.39 Å². The van der Waals surface area contributed by atoms with Gasteiger partial charge in [0.2, 0.25) is 0 Å². The van der Waals surface area contributed by atoms with Crippen LogP contribution in [0, 0.1) is 11.2 Å². The predicted molar refractivity (Wildman–Crippen MR) is 112 cm³/mol. The zero-order chi connectivity index (χ0) is 21.1. The van der Waals surface area contributed by atoms with E-state index >= 15 is 0 Å².